The lowest BCUT2D eigenvalue weighted by atomic mass is 9.71. The van der Waals surface area contributed by atoms with Crippen molar-refractivity contribution in [2.45, 2.75) is 31.6 Å². The number of phenols is 1. The maximum Gasteiger partial charge on any atom is 0.115 e. The van der Waals surface area contributed by atoms with Gasteiger partial charge in [-0.25, -0.2) is 0 Å². The van der Waals surface area contributed by atoms with Crippen LogP contribution in [0.1, 0.15) is 37.2 Å². The summed E-state index contributed by atoms with van der Waals surface area (Å²) in [5, 5.41) is 19.3. The van der Waals surface area contributed by atoms with Gasteiger partial charge in [0.1, 0.15) is 5.75 Å². The molecule has 0 aliphatic heterocycles. The summed E-state index contributed by atoms with van der Waals surface area (Å²) in [6, 6.07) is 7.27. The number of benzene rings is 1. The average molecular weight is 235 g/mol. The number of rotatable bonds is 4. The minimum absolute atomic E-state index is 0.0808. The molecule has 17 heavy (non-hydrogen) atoms. The molecular weight excluding hydrogens is 214 g/mol. The van der Waals surface area contributed by atoms with Crippen molar-refractivity contribution in [3.05, 3.63) is 29.8 Å². The molecule has 0 heterocycles. The quantitative estimate of drug-likeness (QED) is 0.747. The molecule has 0 bridgehead atoms. The van der Waals surface area contributed by atoms with Crippen molar-refractivity contribution >= 4 is 0 Å². The fraction of sp³-hybridized carbons (Fsp3) is 0.571. The van der Waals surface area contributed by atoms with Crippen LogP contribution in [0.25, 0.3) is 0 Å². The number of aromatic hydroxyl groups is 1. The van der Waals surface area contributed by atoms with E-state index in [1.807, 2.05) is 12.1 Å². The van der Waals surface area contributed by atoms with E-state index in [9.17, 15) is 10.2 Å². The van der Waals surface area contributed by atoms with Gasteiger partial charge in [-0.05, 0) is 37.1 Å². The summed E-state index contributed by atoms with van der Waals surface area (Å²) in [4.78, 5) is 0. The molecule has 0 radical (unpaired) electrons. The summed E-state index contributed by atoms with van der Waals surface area (Å²) in [6.45, 7) is 0.703. The Morgan fingerprint density at radius 3 is 2.53 bits per heavy atom. The summed E-state index contributed by atoms with van der Waals surface area (Å²) in [5.41, 5.74) is 6.87. The van der Waals surface area contributed by atoms with Crippen LogP contribution in [0.2, 0.25) is 0 Å². The molecule has 1 saturated carbocycles. The minimum atomic E-state index is -0.0808. The monoisotopic (exact) mass is 235 g/mol. The van der Waals surface area contributed by atoms with Gasteiger partial charge in [0.15, 0.2) is 0 Å². The van der Waals surface area contributed by atoms with Crippen LogP contribution in [0.15, 0.2) is 24.3 Å². The molecule has 1 fully saturated rings. The first-order chi connectivity index (χ1) is 8.22. The van der Waals surface area contributed by atoms with Gasteiger partial charge in [-0.2, -0.15) is 0 Å². The fourth-order valence-corrected chi connectivity index (χ4v) is 3.18. The predicted octanol–water partition coefficient (Wildman–Crippen LogP) is 1.99. The van der Waals surface area contributed by atoms with Gasteiger partial charge in [-0.1, -0.05) is 25.0 Å². The van der Waals surface area contributed by atoms with Crippen molar-refractivity contribution in [1.82, 2.24) is 0 Å². The van der Waals surface area contributed by atoms with Crippen LogP contribution in [0.3, 0.4) is 0 Å². The molecule has 1 aliphatic carbocycles. The Bertz CT molecular complexity index is 372. The van der Waals surface area contributed by atoms with E-state index in [4.69, 9.17) is 5.73 Å². The maximum absolute atomic E-state index is 9.73. The molecule has 0 aromatic heterocycles. The van der Waals surface area contributed by atoms with Gasteiger partial charge in [-0.3, -0.25) is 0 Å². The lowest BCUT2D eigenvalue weighted by molar-refractivity contribution is 0.102. The third-order valence-corrected chi connectivity index (χ3v) is 4.16. The normalized spacial score (nSPS) is 20.4. The molecule has 4 N–H and O–H groups in total. The second kappa shape index (κ2) is 5.07. The van der Waals surface area contributed by atoms with E-state index < -0.39 is 0 Å². The second-order valence-corrected chi connectivity index (χ2v) is 5.11. The first kappa shape index (κ1) is 12.4. The summed E-state index contributed by atoms with van der Waals surface area (Å²) < 4.78 is 0. The van der Waals surface area contributed by atoms with E-state index in [2.05, 4.69) is 0 Å². The first-order valence-corrected chi connectivity index (χ1v) is 6.32. The number of aliphatic hydroxyl groups excluding tert-OH is 1. The SMILES string of the molecule is NC[C@@H](c1cccc(O)c1)C1(CO)CCCC1. The maximum atomic E-state index is 9.73. The van der Waals surface area contributed by atoms with Gasteiger partial charge in [0.2, 0.25) is 0 Å². The standard InChI is InChI=1S/C14H21NO2/c15-9-13(11-4-3-5-12(17)8-11)14(10-16)6-1-2-7-14/h3-5,8,13,16-17H,1-2,6-7,9-10,15H2/t13-/m0/s1. The summed E-state index contributed by atoms with van der Waals surface area (Å²) in [5.74, 6) is 0.411. The van der Waals surface area contributed by atoms with Crippen molar-refractivity contribution in [3.63, 3.8) is 0 Å². The average Bonchev–Trinajstić information content (AvgIpc) is 2.80. The van der Waals surface area contributed by atoms with Gasteiger partial charge in [-0.15, -0.1) is 0 Å². The molecule has 1 aliphatic rings. The highest BCUT2D eigenvalue weighted by Crippen LogP contribution is 2.48. The van der Waals surface area contributed by atoms with E-state index >= 15 is 0 Å². The Labute approximate surface area is 102 Å². The second-order valence-electron chi connectivity index (χ2n) is 5.11. The Balaban J connectivity index is 2.32. The van der Waals surface area contributed by atoms with Crippen LogP contribution < -0.4 is 5.73 Å². The highest BCUT2D eigenvalue weighted by molar-refractivity contribution is 5.31. The first-order valence-electron chi connectivity index (χ1n) is 6.32. The van der Waals surface area contributed by atoms with Gasteiger partial charge >= 0.3 is 0 Å². The Morgan fingerprint density at radius 1 is 1.29 bits per heavy atom. The van der Waals surface area contributed by atoms with E-state index in [1.165, 1.54) is 0 Å². The Kier molecular flexibility index (Phi) is 3.69. The highest BCUT2D eigenvalue weighted by Gasteiger charge is 2.40. The molecule has 0 unspecified atom stereocenters. The van der Waals surface area contributed by atoms with Gasteiger partial charge in [0, 0.05) is 17.9 Å². The van der Waals surface area contributed by atoms with Crippen LogP contribution >= 0.6 is 0 Å². The Morgan fingerprint density at radius 2 is 2.00 bits per heavy atom. The van der Waals surface area contributed by atoms with Crippen LogP contribution in [0.5, 0.6) is 5.75 Å². The lowest BCUT2D eigenvalue weighted by Gasteiger charge is -2.35. The van der Waals surface area contributed by atoms with Gasteiger partial charge in [0.05, 0.1) is 0 Å². The van der Waals surface area contributed by atoms with Crippen LogP contribution in [-0.4, -0.2) is 23.4 Å². The smallest absolute Gasteiger partial charge is 0.115 e. The van der Waals surface area contributed by atoms with Crippen LogP contribution in [-0.2, 0) is 0 Å². The molecule has 0 saturated heterocycles. The number of phenolic OH excluding ortho intramolecular Hbond substituents is 1. The molecule has 3 heteroatoms. The zero-order chi connectivity index (χ0) is 12.3. The van der Waals surface area contributed by atoms with Crippen LogP contribution in [0.4, 0.5) is 0 Å². The van der Waals surface area contributed by atoms with E-state index in [0.717, 1.165) is 31.2 Å². The van der Waals surface area contributed by atoms with Gasteiger partial charge < -0.3 is 15.9 Å². The van der Waals surface area contributed by atoms with Crippen LogP contribution in [0, 0.1) is 5.41 Å². The number of hydrogen-bond donors (Lipinski definition) is 3. The molecule has 1 aromatic rings. The molecule has 1 atom stereocenters. The summed E-state index contributed by atoms with van der Waals surface area (Å²) in [7, 11) is 0. The molecule has 1 aromatic carbocycles. The summed E-state index contributed by atoms with van der Waals surface area (Å²) in [6.07, 6.45) is 4.38. The predicted molar refractivity (Wildman–Crippen MR) is 67.9 cm³/mol. The highest BCUT2D eigenvalue weighted by atomic mass is 16.3. The molecule has 2 rings (SSSR count). The number of aliphatic hydroxyl groups is 1. The topological polar surface area (TPSA) is 66.5 Å². The van der Waals surface area contributed by atoms with Crippen molar-refractivity contribution in [2.75, 3.05) is 13.2 Å². The minimum Gasteiger partial charge on any atom is -0.508 e. The zero-order valence-corrected chi connectivity index (χ0v) is 10.1. The van der Waals surface area contributed by atoms with E-state index in [-0.39, 0.29) is 23.7 Å². The molecule has 0 amide bonds. The van der Waals surface area contributed by atoms with Crippen molar-refractivity contribution in [3.8, 4) is 5.75 Å². The molecular formula is C14H21NO2. The number of hydrogen-bond acceptors (Lipinski definition) is 3. The zero-order valence-electron chi connectivity index (χ0n) is 10.1. The molecule has 0 spiro atoms. The van der Waals surface area contributed by atoms with Crippen molar-refractivity contribution in [1.29, 1.82) is 0 Å². The molecule has 94 valence electrons. The third-order valence-electron chi connectivity index (χ3n) is 4.16. The lowest BCUT2D eigenvalue weighted by Crippen LogP contribution is -2.34. The number of nitrogens with two attached hydrogens (primary N) is 1. The van der Waals surface area contributed by atoms with E-state index in [1.54, 1.807) is 12.1 Å². The Hall–Kier alpha value is -1.06. The van der Waals surface area contributed by atoms with Gasteiger partial charge in [0.25, 0.3) is 0 Å². The molecule has 3 nitrogen and oxygen atoms in total. The third kappa shape index (κ3) is 2.31. The van der Waals surface area contributed by atoms with Crippen molar-refractivity contribution in [2.24, 2.45) is 11.1 Å². The largest absolute Gasteiger partial charge is 0.508 e. The van der Waals surface area contributed by atoms with Crippen molar-refractivity contribution < 1.29 is 10.2 Å². The van der Waals surface area contributed by atoms with E-state index in [0.29, 0.717) is 6.54 Å². The summed E-state index contributed by atoms with van der Waals surface area (Å²) >= 11 is 0. The fourth-order valence-electron chi connectivity index (χ4n) is 3.18.